The second-order valence-corrected chi connectivity index (χ2v) is 8.17. The van der Waals surface area contributed by atoms with Gasteiger partial charge in [0.1, 0.15) is 11.5 Å². The van der Waals surface area contributed by atoms with E-state index < -0.39 is 5.97 Å². The van der Waals surface area contributed by atoms with E-state index in [0.29, 0.717) is 18.2 Å². The zero-order valence-electron chi connectivity index (χ0n) is 20.0. The molecule has 2 N–H and O–H groups in total. The number of benzene rings is 3. The average molecular weight is 475 g/mol. The number of aliphatic imine (C=N–C) groups is 1. The van der Waals surface area contributed by atoms with E-state index in [2.05, 4.69) is 27.2 Å². The molecule has 1 aliphatic heterocycles. The molecule has 1 aliphatic rings. The molecule has 4 rings (SSSR count). The third-order valence-electron chi connectivity index (χ3n) is 5.93. The van der Waals surface area contributed by atoms with Crippen LogP contribution in [0.25, 0.3) is 0 Å². The molecule has 1 heterocycles. The number of rotatable bonds is 7. The van der Waals surface area contributed by atoms with E-state index in [1.807, 2.05) is 42.5 Å². The molecule has 3 aromatic rings. The van der Waals surface area contributed by atoms with E-state index >= 15 is 0 Å². The van der Waals surface area contributed by atoms with E-state index in [-0.39, 0.29) is 5.56 Å². The normalized spacial score (nSPS) is 13.9. The minimum absolute atomic E-state index is 0.228. The Morgan fingerprint density at radius 1 is 0.914 bits per heavy atom. The zero-order valence-corrected chi connectivity index (χ0v) is 20.0. The van der Waals surface area contributed by atoms with Gasteiger partial charge < -0.3 is 29.7 Å². The van der Waals surface area contributed by atoms with Gasteiger partial charge in [-0.3, -0.25) is 0 Å². The Hall–Kier alpha value is -4.20. The molecular weight excluding hydrogens is 444 g/mol. The number of nitrogens with one attached hydrogen (secondary N) is 1. The average Bonchev–Trinajstić information content (AvgIpc) is 2.91. The Labute approximate surface area is 205 Å². The molecule has 182 valence electrons. The summed E-state index contributed by atoms with van der Waals surface area (Å²) in [4.78, 5) is 20.8. The highest BCUT2D eigenvalue weighted by molar-refractivity contribution is 5.96. The van der Waals surface area contributed by atoms with Gasteiger partial charge in [-0.05, 0) is 60.2 Å². The van der Waals surface area contributed by atoms with Gasteiger partial charge in [0.05, 0.1) is 26.3 Å². The van der Waals surface area contributed by atoms with Crippen molar-refractivity contribution >= 4 is 23.3 Å². The van der Waals surface area contributed by atoms with E-state index in [0.717, 1.165) is 48.9 Å². The lowest BCUT2D eigenvalue weighted by Crippen LogP contribution is -2.50. The summed E-state index contributed by atoms with van der Waals surface area (Å²) >= 11 is 0. The fourth-order valence-corrected chi connectivity index (χ4v) is 3.98. The van der Waals surface area contributed by atoms with Crippen LogP contribution in [0.15, 0.2) is 77.8 Å². The SMILES string of the molecule is COc1ccc(N2CCN(C(=NCc3cccc(OC)c3)Nc3cccc(C(=O)O)c3)CC2)cc1. The summed E-state index contributed by atoms with van der Waals surface area (Å²) in [7, 11) is 3.31. The highest BCUT2D eigenvalue weighted by Crippen LogP contribution is 2.21. The summed E-state index contributed by atoms with van der Waals surface area (Å²) in [5, 5.41) is 12.7. The Kier molecular flexibility index (Phi) is 7.72. The summed E-state index contributed by atoms with van der Waals surface area (Å²) in [5.41, 5.74) is 3.10. The minimum atomic E-state index is -0.961. The van der Waals surface area contributed by atoms with Crippen LogP contribution in [0.4, 0.5) is 11.4 Å². The fourth-order valence-electron chi connectivity index (χ4n) is 3.98. The number of aromatic carboxylic acids is 1. The number of anilines is 2. The van der Waals surface area contributed by atoms with Gasteiger partial charge in [-0.25, -0.2) is 9.79 Å². The fraction of sp³-hybridized carbons (Fsp3) is 0.259. The molecule has 1 fully saturated rings. The van der Waals surface area contributed by atoms with Gasteiger partial charge in [-0.1, -0.05) is 18.2 Å². The number of hydrogen-bond donors (Lipinski definition) is 2. The summed E-state index contributed by atoms with van der Waals surface area (Å²) in [6.07, 6.45) is 0. The van der Waals surface area contributed by atoms with Crippen LogP contribution >= 0.6 is 0 Å². The van der Waals surface area contributed by atoms with Crippen LogP contribution in [0.1, 0.15) is 15.9 Å². The second-order valence-electron chi connectivity index (χ2n) is 8.17. The van der Waals surface area contributed by atoms with Crippen LogP contribution in [0, 0.1) is 0 Å². The third kappa shape index (κ3) is 6.23. The maximum atomic E-state index is 11.4. The molecule has 0 radical (unpaired) electrons. The van der Waals surface area contributed by atoms with Crippen molar-refractivity contribution in [2.45, 2.75) is 6.54 Å². The summed E-state index contributed by atoms with van der Waals surface area (Å²) in [6, 6.07) is 22.7. The molecule has 0 bridgehead atoms. The van der Waals surface area contributed by atoms with Crippen molar-refractivity contribution in [3.05, 3.63) is 83.9 Å². The van der Waals surface area contributed by atoms with Gasteiger partial charge in [-0.15, -0.1) is 0 Å². The van der Waals surface area contributed by atoms with Crippen LogP contribution in [0.3, 0.4) is 0 Å². The molecule has 8 heteroatoms. The molecule has 0 unspecified atom stereocenters. The van der Waals surface area contributed by atoms with Gasteiger partial charge in [0.2, 0.25) is 0 Å². The topological polar surface area (TPSA) is 86.6 Å². The minimum Gasteiger partial charge on any atom is -0.497 e. The quantitative estimate of drug-likeness (QED) is 0.392. The summed E-state index contributed by atoms with van der Waals surface area (Å²) in [5.74, 6) is 1.38. The highest BCUT2D eigenvalue weighted by atomic mass is 16.5. The third-order valence-corrected chi connectivity index (χ3v) is 5.93. The van der Waals surface area contributed by atoms with Gasteiger partial charge in [0.15, 0.2) is 5.96 Å². The van der Waals surface area contributed by atoms with Crippen molar-refractivity contribution in [1.82, 2.24) is 4.90 Å². The molecule has 0 spiro atoms. The molecule has 35 heavy (non-hydrogen) atoms. The number of guanidine groups is 1. The van der Waals surface area contributed by atoms with Crippen LogP contribution in [-0.4, -0.2) is 62.3 Å². The van der Waals surface area contributed by atoms with Crippen molar-refractivity contribution in [2.24, 2.45) is 4.99 Å². The number of carbonyl (C=O) groups is 1. The van der Waals surface area contributed by atoms with Gasteiger partial charge in [-0.2, -0.15) is 0 Å². The predicted octanol–water partition coefficient (Wildman–Crippen LogP) is 4.19. The van der Waals surface area contributed by atoms with E-state index in [1.165, 1.54) is 0 Å². The van der Waals surface area contributed by atoms with Crippen LogP contribution in [0.2, 0.25) is 0 Å². The number of methoxy groups -OCH3 is 2. The largest absolute Gasteiger partial charge is 0.497 e. The maximum absolute atomic E-state index is 11.4. The molecule has 0 saturated carbocycles. The van der Waals surface area contributed by atoms with Gasteiger partial charge in [0.25, 0.3) is 0 Å². The van der Waals surface area contributed by atoms with Crippen molar-refractivity contribution in [3.63, 3.8) is 0 Å². The van der Waals surface area contributed by atoms with E-state index in [4.69, 9.17) is 14.5 Å². The molecular formula is C27H30N4O4. The molecule has 0 amide bonds. The first-order valence-electron chi connectivity index (χ1n) is 11.5. The van der Waals surface area contributed by atoms with Crippen LogP contribution in [0.5, 0.6) is 11.5 Å². The molecule has 1 saturated heterocycles. The molecule has 0 atom stereocenters. The Morgan fingerprint density at radius 2 is 1.63 bits per heavy atom. The van der Waals surface area contributed by atoms with Crippen LogP contribution < -0.4 is 19.7 Å². The Bertz CT molecular complexity index is 1170. The lowest BCUT2D eigenvalue weighted by atomic mass is 10.2. The van der Waals surface area contributed by atoms with Crippen molar-refractivity contribution in [1.29, 1.82) is 0 Å². The van der Waals surface area contributed by atoms with E-state index in [1.54, 1.807) is 32.4 Å². The monoisotopic (exact) mass is 474 g/mol. The summed E-state index contributed by atoms with van der Waals surface area (Å²) < 4.78 is 10.6. The number of nitrogens with zero attached hydrogens (tertiary/aromatic N) is 3. The standard InChI is InChI=1S/C27H30N4O4/c1-34-24-11-9-23(10-12-24)30-13-15-31(16-14-30)27(28-19-20-5-3-8-25(17-20)35-2)29-22-7-4-6-21(18-22)26(32)33/h3-12,17-18H,13-16,19H2,1-2H3,(H,28,29)(H,32,33). The molecule has 8 nitrogen and oxygen atoms in total. The molecule has 3 aromatic carbocycles. The lowest BCUT2D eigenvalue weighted by Gasteiger charge is -2.37. The molecule has 0 aliphatic carbocycles. The number of carboxylic acid groups (broad SMARTS) is 1. The lowest BCUT2D eigenvalue weighted by molar-refractivity contribution is 0.0697. The first-order chi connectivity index (χ1) is 17.1. The van der Waals surface area contributed by atoms with Gasteiger partial charge in [0, 0.05) is 37.6 Å². The first-order valence-corrected chi connectivity index (χ1v) is 11.5. The molecule has 0 aromatic heterocycles. The van der Waals surface area contributed by atoms with Gasteiger partial charge >= 0.3 is 5.97 Å². The maximum Gasteiger partial charge on any atom is 0.335 e. The Morgan fingerprint density at radius 3 is 2.31 bits per heavy atom. The summed E-state index contributed by atoms with van der Waals surface area (Å²) in [6.45, 7) is 3.68. The number of ether oxygens (including phenoxy) is 2. The van der Waals surface area contributed by atoms with Crippen molar-refractivity contribution in [2.75, 3.05) is 50.6 Å². The number of piperazine rings is 1. The van der Waals surface area contributed by atoms with Crippen molar-refractivity contribution in [3.8, 4) is 11.5 Å². The smallest absolute Gasteiger partial charge is 0.335 e. The Balaban J connectivity index is 1.51. The van der Waals surface area contributed by atoms with Crippen LogP contribution in [-0.2, 0) is 6.54 Å². The zero-order chi connectivity index (χ0) is 24.6. The first kappa shape index (κ1) is 23.9. The predicted molar refractivity (Wildman–Crippen MR) is 138 cm³/mol. The van der Waals surface area contributed by atoms with Crippen molar-refractivity contribution < 1.29 is 19.4 Å². The second kappa shape index (κ2) is 11.3. The highest BCUT2D eigenvalue weighted by Gasteiger charge is 2.21. The van der Waals surface area contributed by atoms with E-state index in [9.17, 15) is 9.90 Å². The number of hydrogen-bond acceptors (Lipinski definition) is 5. The number of carboxylic acids is 1.